The topological polar surface area (TPSA) is 72.2 Å². The molecule has 5 nitrogen and oxygen atoms in total. The number of nitro benzene ring substituents is 1. The zero-order valence-electron chi connectivity index (χ0n) is 10.6. The molecule has 0 radical (unpaired) electrons. The minimum absolute atomic E-state index is 0.118. The predicted molar refractivity (Wildman–Crippen MR) is 67.4 cm³/mol. The van der Waals surface area contributed by atoms with Crippen molar-refractivity contribution in [2.45, 2.75) is 38.1 Å². The Bertz CT molecular complexity index is 521. The average molecular weight is 266 g/mol. The van der Waals surface area contributed by atoms with E-state index < -0.39 is 16.4 Å². The summed E-state index contributed by atoms with van der Waals surface area (Å²) >= 11 is 0. The zero-order valence-corrected chi connectivity index (χ0v) is 10.6. The van der Waals surface area contributed by atoms with Gasteiger partial charge in [0, 0.05) is 17.2 Å². The highest BCUT2D eigenvalue weighted by molar-refractivity contribution is 5.95. The van der Waals surface area contributed by atoms with Crippen molar-refractivity contribution < 1.29 is 14.1 Å². The van der Waals surface area contributed by atoms with E-state index in [-0.39, 0.29) is 17.0 Å². The highest BCUT2D eigenvalue weighted by Gasteiger charge is 2.36. The molecule has 1 fully saturated rings. The third kappa shape index (κ3) is 2.57. The summed E-state index contributed by atoms with van der Waals surface area (Å²) in [5.41, 5.74) is -0.750. The summed E-state index contributed by atoms with van der Waals surface area (Å²) in [5.74, 6) is -1.32. The number of nitro groups is 1. The van der Waals surface area contributed by atoms with Gasteiger partial charge in [-0.25, -0.2) is 0 Å². The fourth-order valence-corrected chi connectivity index (χ4v) is 2.28. The molecule has 19 heavy (non-hydrogen) atoms. The average Bonchev–Trinajstić information content (AvgIpc) is 2.33. The van der Waals surface area contributed by atoms with Gasteiger partial charge >= 0.3 is 5.69 Å². The Balaban J connectivity index is 2.20. The minimum Gasteiger partial charge on any atom is -0.347 e. The van der Waals surface area contributed by atoms with Crippen molar-refractivity contribution in [2.24, 2.45) is 0 Å². The molecule has 0 unspecified atom stereocenters. The second-order valence-corrected chi connectivity index (χ2v) is 4.86. The maximum absolute atomic E-state index is 13.2. The molecule has 0 spiro atoms. The van der Waals surface area contributed by atoms with Gasteiger partial charge in [-0.05, 0) is 37.8 Å². The number of rotatable bonds is 4. The lowest BCUT2D eigenvalue weighted by Crippen LogP contribution is -2.52. The van der Waals surface area contributed by atoms with Crippen LogP contribution in [0.1, 0.15) is 43.0 Å². The van der Waals surface area contributed by atoms with E-state index in [4.69, 9.17) is 0 Å². The van der Waals surface area contributed by atoms with Gasteiger partial charge in [0.1, 0.15) is 0 Å². The number of halogens is 1. The van der Waals surface area contributed by atoms with Gasteiger partial charge in [0.05, 0.1) is 4.92 Å². The van der Waals surface area contributed by atoms with Crippen molar-refractivity contribution in [3.05, 3.63) is 39.7 Å². The Morgan fingerprint density at radius 1 is 1.53 bits per heavy atom. The van der Waals surface area contributed by atoms with E-state index in [1.807, 2.05) is 6.92 Å². The second kappa shape index (κ2) is 4.95. The third-order valence-electron chi connectivity index (χ3n) is 3.77. The lowest BCUT2D eigenvalue weighted by Gasteiger charge is -2.42. The quantitative estimate of drug-likeness (QED) is 0.672. The van der Waals surface area contributed by atoms with Crippen molar-refractivity contribution in [3.63, 3.8) is 0 Å². The number of benzene rings is 1. The van der Waals surface area contributed by atoms with E-state index in [1.165, 1.54) is 6.07 Å². The summed E-state index contributed by atoms with van der Waals surface area (Å²) in [4.78, 5) is 21.9. The summed E-state index contributed by atoms with van der Waals surface area (Å²) < 4.78 is 13.2. The van der Waals surface area contributed by atoms with Crippen molar-refractivity contribution in [2.75, 3.05) is 0 Å². The molecule has 0 saturated heterocycles. The van der Waals surface area contributed by atoms with E-state index in [0.717, 1.165) is 37.8 Å². The van der Waals surface area contributed by atoms with Gasteiger partial charge in [-0.2, -0.15) is 4.39 Å². The van der Waals surface area contributed by atoms with E-state index >= 15 is 0 Å². The maximum atomic E-state index is 13.2. The van der Waals surface area contributed by atoms with Gasteiger partial charge in [-0.1, -0.05) is 6.92 Å². The van der Waals surface area contributed by atoms with Crippen LogP contribution in [0.2, 0.25) is 0 Å². The summed E-state index contributed by atoms with van der Waals surface area (Å²) in [5, 5.41) is 13.5. The molecule has 1 aliphatic rings. The smallest absolute Gasteiger partial charge is 0.305 e. The molecule has 1 amide bonds. The van der Waals surface area contributed by atoms with Crippen LogP contribution in [0.3, 0.4) is 0 Å². The molecular formula is C13H15FN2O3. The SMILES string of the molecule is CCC1(NC(=O)c2ccc(F)c([N+](=O)[O-])c2)CCC1. The molecule has 1 saturated carbocycles. The molecule has 1 aliphatic carbocycles. The van der Waals surface area contributed by atoms with Crippen LogP contribution in [0, 0.1) is 15.9 Å². The summed E-state index contributed by atoms with van der Waals surface area (Å²) in [7, 11) is 0. The molecule has 1 aromatic rings. The van der Waals surface area contributed by atoms with Crippen LogP contribution < -0.4 is 5.32 Å². The fraction of sp³-hybridized carbons (Fsp3) is 0.462. The van der Waals surface area contributed by atoms with E-state index in [0.29, 0.717) is 0 Å². The summed E-state index contributed by atoms with van der Waals surface area (Å²) in [6.45, 7) is 1.99. The molecule has 6 heteroatoms. The normalized spacial score (nSPS) is 16.5. The molecule has 102 valence electrons. The first-order valence-corrected chi connectivity index (χ1v) is 6.24. The minimum atomic E-state index is -0.935. The monoisotopic (exact) mass is 266 g/mol. The number of hydrogen-bond acceptors (Lipinski definition) is 3. The van der Waals surface area contributed by atoms with Crippen molar-refractivity contribution in [3.8, 4) is 0 Å². The van der Waals surface area contributed by atoms with Crippen molar-refractivity contribution in [1.29, 1.82) is 0 Å². The van der Waals surface area contributed by atoms with E-state index in [2.05, 4.69) is 5.32 Å². The van der Waals surface area contributed by atoms with Crippen LogP contribution >= 0.6 is 0 Å². The van der Waals surface area contributed by atoms with Gasteiger partial charge < -0.3 is 5.32 Å². The number of amides is 1. The number of carbonyl (C=O) groups is 1. The van der Waals surface area contributed by atoms with E-state index in [1.54, 1.807) is 0 Å². The van der Waals surface area contributed by atoms with Crippen LogP contribution in [0.25, 0.3) is 0 Å². The first kappa shape index (κ1) is 13.5. The molecular weight excluding hydrogens is 251 g/mol. The van der Waals surface area contributed by atoms with Crippen LogP contribution in [0.5, 0.6) is 0 Å². The largest absolute Gasteiger partial charge is 0.347 e. The first-order chi connectivity index (χ1) is 8.97. The number of nitrogens with one attached hydrogen (secondary N) is 1. The Hall–Kier alpha value is -1.98. The summed E-state index contributed by atoms with van der Waals surface area (Å²) in [6, 6.07) is 3.19. The number of carbonyl (C=O) groups excluding carboxylic acids is 1. The third-order valence-corrected chi connectivity index (χ3v) is 3.77. The maximum Gasteiger partial charge on any atom is 0.305 e. The van der Waals surface area contributed by atoms with Gasteiger partial charge in [0.25, 0.3) is 5.91 Å². The molecule has 0 aromatic heterocycles. The van der Waals surface area contributed by atoms with Gasteiger partial charge in [0.2, 0.25) is 5.82 Å². The number of nitrogens with zero attached hydrogens (tertiary/aromatic N) is 1. The zero-order chi connectivity index (χ0) is 14.0. The molecule has 2 rings (SSSR count). The van der Waals surface area contributed by atoms with Crippen molar-refractivity contribution >= 4 is 11.6 Å². The van der Waals surface area contributed by atoms with Crippen LogP contribution in [-0.4, -0.2) is 16.4 Å². The Labute approximate surface area is 110 Å². The molecule has 0 bridgehead atoms. The highest BCUT2D eigenvalue weighted by Crippen LogP contribution is 2.35. The Morgan fingerprint density at radius 3 is 2.68 bits per heavy atom. The standard InChI is InChI=1S/C13H15FN2O3/c1-2-13(6-3-7-13)15-12(17)9-4-5-10(14)11(8-9)16(18)19/h4-5,8H,2-3,6-7H2,1H3,(H,15,17). The van der Waals surface area contributed by atoms with Crippen LogP contribution in [0.4, 0.5) is 10.1 Å². The molecule has 1 N–H and O–H groups in total. The first-order valence-electron chi connectivity index (χ1n) is 6.24. The van der Waals surface area contributed by atoms with Crippen LogP contribution in [0.15, 0.2) is 18.2 Å². The highest BCUT2D eigenvalue weighted by atomic mass is 19.1. The van der Waals surface area contributed by atoms with E-state index in [9.17, 15) is 19.3 Å². The lowest BCUT2D eigenvalue weighted by atomic mass is 9.74. The molecule has 0 aliphatic heterocycles. The van der Waals surface area contributed by atoms with Crippen molar-refractivity contribution in [1.82, 2.24) is 5.32 Å². The Morgan fingerprint density at radius 2 is 2.21 bits per heavy atom. The van der Waals surface area contributed by atoms with Crippen LogP contribution in [-0.2, 0) is 0 Å². The van der Waals surface area contributed by atoms with Gasteiger partial charge in [-0.15, -0.1) is 0 Å². The fourth-order valence-electron chi connectivity index (χ4n) is 2.28. The second-order valence-electron chi connectivity index (χ2n) is 4.86. The van der Waals surface area contributed by atoms with Gasteiger partial charge in [0.15, 0.2) is 0 Å². The number of hydrogen-bond donors (Lipinski definition) is 1. The predicted octanol–water partition coefficient (Wildman–Crippen LogP) is 2.80. The molecule has 0 atom stereocenters. The Kier molecular flexibility index (Phi) is 3.50. The molecule has 0 heterocycles. The van der Waals surface area contributed by atoms with Gasteiger partial charge in [-0.3, -0.25) is 14.9 Å². The molecule has 1 aromatic carbocycles. The summed E-state index contributed by atoms with van der Waals surface area (Å²) in [6.07, 6.45) is 3.72. The lowest BCUT2D eigenvalue weighted by molar-refractivity contribution is -0.387.